The largest absolute Gasteiger partial charge is 0.311 e. The highest BCUT2D eigenvalue weighted by molar-refractivity contribution is 7.14. The van der Waals surface area contributed by atoms with Crippen LogP contribution in [-0.4, -0.2) is 33.1 Å². The standard InChI is InChI=1S/C19H19N5O2S/c1-12-5-3-4-6-16(12)24-10-13(7-17(24)25)18(26)22-19-21-15(11-27-19)14-8-20-23(2)9-14/h3-6,8-9,11,13H,7,10H2,1-2H3,(H,21,22,26)/t13-/m0/s1. The Morgan fingerprint density at radius 2 is 2.15 bits per heavy atom. The molecule has 2 aromatic heterocycles. The quantitative estimate of drug-likeness (QED) is 0.754. The van der Waals surface area contributed by atoms with Crippen LogP contribution in [0.2, 0.25) is 0 Å². The summed E-state index contributed by atoms with van der Waals surface area (Å²) in [4.78, 5) is 31.2. The lowest BCUT2D eigenvalue weighted by Gasteiger charge is -2.18. The Hall–Kier alpha value is -3.00. The van der Waals surface area contributed by atoms with Gasteiger partial charge in [-0.2, -0.15) is 5.10 Å². The molecule has 1 N–H and O–H groups in total. The summed E-state index contributed by atoms with van der Waals surface area (Å²) in [6.07, 6.45) is 3.81. The van der Waals surface area contributed by atoms with Gasteiger partial charge in [0, 0.05) is 42.8 Å². The van der Waals surface area contributed by atoms with E-state index in [1.54, 1.807) is 15.8 Å². The molecule has 3 heterocycles. The van der Waals surface area contributed by atoms with Gasteiger partial charge in [-0.25, -0.2) is 4.98 Å². The molecule has 0 radical (unpaired) electrons. The first-order valence-corrected chi connectivity index (χ1v) is 9.50. The molecule has 4 rings (SSSR count). The van der Waals surface area contributed by atoms with Gasteiger partial charge in [0.25, 0.3) is 0 Å². The zero-order valence-electron chi connectivity index (χ0n) is 15.0. The molecular weight excluding hydrogens is 362 g/mol. The normalized spacial score (nSPS) is 16.7. The third-order valence-corrected chi connectivity index (χ3v) is 5.39. The highest BCUT2D eigenvalue weighted by Crippen LogP contribution is 2.29. The summed E-state index contributed by atoms with van der Waals surface area (Å²) in [5.41, 5.74) is 3.56. The fourth-order valence-electron chi connectivity index (χ4n) is 3.21. The molecule has 0 aliphatic carbocycles. The first-order valence-electron chi connectivity index (χ1n) is 8.62. The molecule has 1 aliphatic rings. The summed E-state index contributed by atoms with van der Waals surface area (Å²) in [5.74, 6) is -0.589. The van der Waals surface area contributed by atoms with Crippen molar-refractivity contribution in [1.29, 1.82) is 0 Å². The number of nitrogens with zero attached hydrogens (tertiary/aromatic N) is 4. The van der Waals surface area contributed by atoms with Gasteiger partial charge in [-0.3, -0.25) is 14.3 Å². The van der Waals surface area contributed by atoms with E-state index in [4.69, 9.17) is 0 Å². The van der Waals surface area contributed by atoms with Gasteiger partial charge in [0.05, 0.1) is 17.8 Å². The second-order valence-electron chi connectivity index (χ2n) is 6.62. The monoisotopic (exact) mass is 381 g/mol. The number of benzene rings is 1. The second-order valence-corrected chi connectivity index (χ2v) is 7.48. The topological polar surface area (TPSA) is 80.1 Å². The third kappa shape index (κ3) is 3.48. The summed E-state index contributed by atoms with van der Waals surface area (Å²) >= 11 is 1.36. The van der Waals surface area contributed by atoms with Crippen LogP contribution in [0, 0.1) is 12.8 Å². The number of nitrogens with one attached hydrogen (secondary N) is 1. The van der Waals surface area contributed by atoms with Crippen LogP contribution in [0.3, 0.4) is 0 Å². The minimum absolute atomic E-state index is 0.0281. The van der Waals surface area contributed by atoms with E-state index in [0.717, 1.165) is 22.5 Å². The molecule has 0 unspecified atom stereocenters. The predicted octanol–water partition coefficient (Wildman–Crippen LogP) is 2.84. The Morgan fingerprint density at radius 1 is 1.33 bits per heavy atom. The zero-order valence-corrected chi connectivity index (χ0v) is 15.9. The van der Waals surface area contributed by atoms with Crippen LogP contribution >= 0.6 is 11.3 Å². The SMILES string of the molecule is Cc1ccccc1N1C[C@@H](C(=O)Nc2nc(-c3cnn(C)c3)cs2)CC1=O. The van der Waals surface area contributed by atoms with Gasteiger partial charge in [-0.1, -0.05) is 18.2 Å². The van der Waals surface area contributed by atoms with E-state index in [2.05, 4.69) is 15.4 Å². The van der Waals surface area contributed by atoms with Crippen LogP contribution in [0.15, 0.2) is 42.0 Å². The molecule has 7 nitrogen and oxygen atoms in total. The van der Waals surface area contributed by atoms with Crippen LogP contribution in [0.25, 0.3) is 11.3 Å². The van der Waals surface area contributed by atoms with Gasteiger partial charge >= 0.3 is 0 Å². The van der Waals surface area contributed by atoms with Gasteiger partial charge in [0.2, 0.25) is 11.8 Å². The smallest absolute Gasteiger partial charge is 0.231 e. The molecule has 0 saturated carbocycles. The molecule has 8 heteroatoms. The molecule has 1 saturated heterocycles. The maximum absolute atomic E-state index is 12.6. The van der Waals surface area contributed by atoms with E-state index in [-0.39, 0.29) is 24.2 Å². The van der Waals surface area contributed by atoms with Crippen molar-refractivity contribution >= 4 is 34.0 Å². The molecular formula is C19H19N5O2S. The lowest BCUT2D eigenvalue weighted by molar-refractivity contribution is -0.122. The summed E-state index contributed by atoms with van der Waals surface area (Å²) in [7, 11) is 1.84. The fraction of sp³-hybridized carbons (Fsp3) is 0.263. The molecule has 138 valence electrons. The van der Waals surface area contributed by atoms with Crippen molar-refractivity contribution in [3.8, 4) is 11.3 Å². The number of thiazole rings is 1. The van der Waals surface area contributed by atoms with Crippen molar-refractivity contribution in [1.82, 2.24) is 14.8 Å². The van der Waals surface area contributed by atoms with Crippen molar-refractivity contribution in [2.75, 3.05) is 16.8 Å². The van der Waals surface area contributed by atoms with E-state index in [1.807, 2.05) is 49.8 Å². The highest BCUT2D eigenvalue weighted by Gasteiger charge is 2.35. The molecule has 27 heavy (non-hydrogen) atoms. The maximum atomic E-state index is 12.6. The number of amides is 2. The second kappa shape index (κ2) is 6.96. The van der Waals surface area contributed by atoms with Crippen LogP contribution in [0.4, 0.5) is 10.8 Å². The van der Waals surface area contributed by atoms with Crippen molar-refractivity contribution in [2.45, 2.75) is 13.3 Å². The Morgan fingerprint density at radius 3 is 2.89 bits per heavy atom. The molecule has 1 atom stereocenters. The van der Waals surface area contributed by atoms with Crippen LogP contribution in [0.5, 0.6) is 0 Å². The van der Waals surface area contributed by atoms with Gasteiger partial charge in [0.15, 0.2) is 5.13 Å². The summed E-state index contributed by atoms with van der Waals surface area (Å²) in [6, 6.07) is 7.71. The van der Waals surface area contributed by atoms with Gasteiger partial charge in [-0.05, 0) is 18.6 Å². The summed E-state index contributed by atoms with van der Waals surface area (Å²) in [5, 5.41) is 9.39. The minimum atomic E-state index is -0.386. The Kier molecular flexibility index (Phi) is 4.49. The Balaban J connectivity index is 1.44. The minimum Gasteiger partial charge on any atom is -0.311 e. The number of aryl methyl sites for hydroxylation is 2. The zero-order chi connectivity index (χ0) is 19.0. The average Bonchev–Trinajstić information content (AvgIpc) is 3.36. The molecule has 0 bridgehead atoms. The van der Waals surface area contributed by atoms with E-state index in [1.165, 1.54) is 11.3 Å². The maximum Gasteiger partial charge on any atom is 0.231 e. The predicted molar refractivity (Wildman–Crippen MR) is 105 cm³/mol. The van der Waals surface area contributed by atoms with Gasteiger partial charge in [0.1, 0.15) is 0 Å². The van der Waals surface area contributed by atoms with E-state index in [9.17, 15) is 9.59 Å². The first kappa shape index (κ1) is 17.4. The molecule has 0 spiro atoms. The van der Waals surface area contributed by atoms with Crippen molar-refractivity contribution in [3.05, 3.63) is 47.6 Å². The number of rotatable bonds is 4. The van der Waals surface area contributed by atoms with Gasteiger partial charge in [-0.15, -0.1) is 11.3 Å². The fourth-order valence-corrected chi connectivity index (χ4v) is 3.93. The highest BCUT2D eigenvalue weighted by atomic mass is 32.1. The number of hydrogen-bond donors (Lipinski definition) is 1. The van der Waals surface area contributed by atoms with Gasteiger partial charge < -0.3 is 10.2 Å². The Labute approximate surface area is 160 Å². The van der Waals surface area contributed by atoms with E-state index in [0.29, 0.717) is 11.7 Å². The number of carbonyl (C=O) groups is 2. The van der Waals surface area contributed by atoms with Crippen molar-refractivity contribution in [2.24, 2.45) is 13.0 Å². The number of carbonyl (C=O) groups excluding carboxylic acids is 2. The van der Waals surface area contributed by atoms with Crippen LogP contribution in [0.1, 0.15) is 12.0 Å². The lowest BCUT2D eigenvalue weighted by Crippen LogP contribution is -2.28. The van der Waals surface area contributed by atoms with Crippen molar-refractivity contribution < 1.29 is 9.59 Å². The third-order valence-electron chi connectivity index (χ3n) is 4.64. The van der Waals surface area contributed by atoms with Crippen LogP contribution in [-0.2, 0) is 16.6 Å². The molecule has 2 amide bonds. The number of hydrogen-bond acceptors (Lipinski definition) is 5. The number of anilines is 2. The number of para-hydroxylation sites is 1. The molecule has 3 aromatic rings. The Bertz CT molecular complexity index is 1010. The van der Waals surface area contributed by atoms with E-state index >= 15 is 0 Å². The average molecular weight is 381 g/mol. The first-order chi connectivity index (χ1) is 13.0. The molecule has 1 aromatic carbocycles. The lowest BCUT2D eigenvalue weighted by atomic mass is 10.1. The molecule has 1 aliphatic heterocycles. The summed E-state index contributed by atoms with van der Waals surface area (Å²) < 4.78 is 1.71. The van der Waals surface area contributed by atoms with Crippen LogP contribution < -0.4 is 10.2 Å². The van der Waals surface area contributed by atoms with Crippen molar-refractivity contribution in [3.63, 3.8) is 0 Å². The number of aromatic nitrogens is 3. The summed E-state index contributed by atoms with van der Waals surface area (Å²) in [6.45, 7) is 2.35. The van der Waals surface area contributed by atoms with E-state index < -0.39 is 0 Å². The molecule has 1 fully saturated rings.